The van der Waals surface area contributed by atoms with Crippen LogP contribution >= 0.6 is 0 Å². The number of allylic oxidation sites excluding steroid dienone is 6. The van der Waals surface area contributed by atoms with Gasteiger partial charge in [-0.25, -0.2) is 0 Å². The molecule has 8 N–H and O–H groups in total. The SMILES string of the molecule is CCCC/C=C/CC/C=C/CCCC(O)C(O)C(COC1OC(CO)C(O)C(O)C1O)NC(=O)C(O)CCCCCC/C=C\CCCCCCCCCCC. The lowest BCUT2D eigenvalue weighted by atomic mass is 9.98. The van der Waals surface area contributed by atoms with Crippen molar-refractivity contribution in [2.24, 2.45) is 0 Å². The lowest BCUT2D eigenvalue weighted by molar-refractivity contribution is -0.303. The van der Waals surface area contributed by atoms with Crippen LogP contribution in [-0.2, 0) is 14.3 Å². The fourth-order valence-corrected chi connectivity index (χ4v) is 6.67. The van der Waals surface area contributed by atoms with E-state index in [4.69, 9.17) is 9.47 Å². The number of carbonyl (C=O) groups is 1. The van der Waals surface area contributed by atoms with Gasteiger partial charge in [-0.3, -0.25) is 4.79 Å². The molecule has 0 spiro atoms. The first-order chi connectivity index (χ1) is 26.7. The third-order valence-corrected chi connectivity index (χ3v) is 10.4. The molecular formula is C44H81NO10. The molecule has 1 aliphatic rings. The van der Waals surface area contributed by atoms with Crippen LogP contribution in [0, 0.1) is 0 Å². The average Bonchev–Trinajstić information content (AvgIpc) is 3.18. The van der Waals surface area contributed by atoms with E-state index in [1.165, 1.54) is 70.6 Å². The molecule has 55 heavy (non-hydrogen) atoms. The third-order valence-electron chi connectivity index (χ3n) is 10.4. The second-order valence-corrected chi connectivity index (χ2v) is 15.4. The Labute approximate surface area is 333 Å². The fraction of sp³-hybridized carbons (Fsp3) is 0.841. The second-order valence-electron chi connectivity index (χ2n) is 15.4. The van der Waals surface area contributed by atoms with Crippen LogP contribution in [0.15, 0.2) is 36.5 Å². The number of rotatable bonds is 35. The molecule has 1 heterocycles. The van der Waals surface area contributed by atoms with E-state index in [2.05, 4.69) is 49.5 Å². The largest absolute Gasteiger partial charge is 0.394 e. The Morgan fingerprint density at radius 3 is 1.67 bits per heavy atom. The first-order valence-electron chi connectivity index (χ1n) is 21.9. The van der Waals surface area contributed by atoms with Crippen LogP contribution in [-0.4, -0.2) is 110 Å². The first kappa shape index (κ1) is 51.3. The fourth-order valence-electron chi connectivity index (χ4n) is 6.67. The molecular weight excluding hydrogens is 702 g/mol. The maximum atomic E-state index is 13.0. The van der Waals surface area contributed by atoms with Gasteiger partial charge in [-0.2, -0.15) is 0 Å². The summed E-state index contributed by atoms with van der Waals surface area (Å²) in [5, 5.41) is 75.3. The van der Waals surface area contributed by atoms with Gasteiger partial charge < -0.3 is 50.5 Å². The van der Waals surface area contributed by atoms with E-state index in [1.54, 1.807) is 0 Å². The Kier molecular flexibility index (Phi) is 32.1. The third kappa shape index (κ3) is 24.7. The number of amides is 1. The van der Waals surface area contributed by atoms with Crippen LogP contribution in [0.3, 0.4) is 0 Å². The molecule has 9 unspecified atom stereocenters. The summed E-state index contributed by atoms with van der Waals surface area (Å²) in [5.74, 6) is -0.722. The van der Waals surface area contributed by atoms with Crippen LogP contribution < -0.4 is 5.32 Å². The van der Waals surface area contributed by atoms with Crippen molar-refractivity contribution < 1.29 is 50.0 Å². The molecule has 0 aromatic heterocycles. The number of aliphatic hydroxyl groups excluding tert-OH is 7. The van der Waals surface area contributed by atoms with E-state index in [0.29, 0.717) is 19.3 Å². The molecule has 1 rings (SSSR count). The van der Waals surface area contributed by atoms with Gasteiger partial charge in [0.2, 0.25) is 5.91 Å². The Morgan fingerprint density at radius 1 is 0.618 bits per heavy atom. The zero-order valence-electron chi connectivity index (χ0n) is 34.4. The van der Waals surface area contributed by atoms with Crippen molar-refractivity contribution in [3.8, 4) is 0 Å². The van der Waals surface area contributed by atoms with Crippen LogP contribution in [0.2, 0.25) is 0 Å². The molecule has 11 nitrogen and oxygen atoms in total. The second kappa shape index (κ2) is 34.4. The summed E-state index contributed by atoms with van der Waals surface area (Å²) in [6, 6.07) is -1.19. The van der Waals surface area contributed by atoms with E-state index >= 15 is 0 Å². The van der Waals surface area contributed by atoms with Gasteiger partial charge in [-0.15, -0.1) is 0 Å². The maximum absolute atomic E-state index is 13.0. The quantitative estimate of drug-likeness (QED) is 0.0262. The standard InChI is InChI=1S/C44H81NO10/c1-3-5-7-9-11-13-15-16-17-18-19-20-22-24-26-28-30-32-37(48)43(53)45-35(34-54-44-42(52)41(51)40(50)38(33-46)55-44)39(49)36(47)31-29-27-25-23-21-14-12-10-8-6-4-2/h10,12,19-20,23,25,35-42,44,46-52H,3-9,11,13-18,21-22,24,26-34H2,1-2H3,(H,45,53)/b12-10+,20-19-,25-23+. The maximum Gasteiger partial charge on any atom is 0.249 e. The van der Waals surface area contributed by atoms with Crippen LogP contribution in [0.5, 0.6) is 0 Å². The minimum atomic E-state index is -1.67. The van der Waals surface area contributed by atoms with Crippen molar-refractivity contribution in [3.63, 3.8) is 0 Å². The molecule has 1 amide bonds. The molecule has 9 atom stereocenters. The normalized spacial score (nSPS) is 22.8. The molecule has 0 saturated carbocycles. The summed E-state index contributed by atoms with van der Waals surface area (Å²) in [4.78, 5) is 13.0. The minimum Gasteiger partial charge on any atom is -0.394 e. The zero-order chi connectivity index (χ0) is 40.5. The Hall–Kier alpha value is -1.67. The van der Waals surface area contributed by atoms with Gasteiger partial charge in [0.15, 0.2) is 6.29 Å². The highest BCUT2D eigenvalue weighted by molar-refractivity contribution is 5.80. The van der Waals surface area contributed by atoms with Crippen molar-refractivity contribution in [1.29, 1.82) is 0 Å². The number of nitrogens with one attached hydrogen (secondary N) is 1. The van der Waals surface area contributed by atoms with Gasteiger partial charge in [-0.1, -0.05) is 134 Å². The molecule has 0 aromatic rings. The predicted molar refractivity (Wildman–Crippen MR) is 219 cm³/mol. The highest BCUT2D eigenvalue weighted by atomic mass is 16.7. The van der Waals surface area contributed by atoms with Crippen molar-refractivity contribution >= 4 is 5.91 Å². The molecule has 0 aromatic carbocycles. The van der Waals surface area contributed by atoms with E-state index in [0.717, 1.165) is 51.4 Å². The Bertz CT molecular complexity index is 992. The van der Waals surface area contributed by atoms with Crippen LogP contribution in [0.4, 0.5) is 0 Å². The highest BCUT2D eigenvalue weighted by Gasteiger charge is 2.44. The summed E-state index contributed by atoms with van der Waals surface area (Å²) >= 11 is 0. The number of ether oxygens (including phenoxy) is 2. The molecule has 0 radical (unpaired) electrons. The molecule has 0 aliphatic carbocycles. The predicted octanol–water partition coefficient (Wildman–Crippen LogP) is 6.44. The summed E-state index contributed by atoms with van der Waals surface area (Å²) in [6.45, 7) is 3.34. The van der Waals surface area contributed by atoms with E-state index < -0.39 is 74.2 Å². The van der Waals surface area contributed by atoms with E-state index in [-0.39, 0.29) is 12.8 Å². The molecule has 11 heteroatoms. The monoisotopic (exact) mass is 784 g/mol. The smallest absolute Gasteiger partial charge is 0.249 e. The average molecular weight is 784 g/mol. The molecule has 1 saturated heterocycles. The summed E-state index contributed by atoms with van der Waals surface area (Å²) in [7, 11) is 0. The van der Waals surface area contributed by atoms with Gasteiger partial charge in [0.05, 0.1) is 25.4 Å². The molecule has 322 valence electrons. The van der Waals surface area contributed by atoms with Crippen molar-refractivity contribution in [1.82, 2.24) is 5.32 Å². The summed E-state index contributed by atoms with van der Waals surface area (Å²) < 4.78 is 11.0. The number of carbonyl (C=O) groups excluding carboxylic acids is 1. The van der Waals surface area contributed by atoms with Crippen molar-refractivity contribution in [2.75, 3.05) is 13.2 Å². The van der Waals surface area contributed by atoms with E-state index in [9.17, 15) is 40.5 Å². The van der Waals surface area contributed by atoms with Gasteiger partial charge in [0, 0.05) is 0 Å². The summed E-state index contributed by atoms with van der Waals surface area (Å²) in [6.07, 6.45) is 26.3. The summed E-state index contributed by atoms with van der Waals surface area (Å²) in [5.41, 5.74) is 0. The Balaban J connectivity index is 2.51. The minimum absolute atomic E-state index is 0.236. The Morgan fingerprint density at radius 2 is 1.11 bits per heavy atom. The highest BCUT2D eigenvalue weighted by Crippen LogP contribution is 2.23. The lowest BCUT2D eigenvalue weighted by Crippen LogP contribution is -2.60. The molecule has 1 aliphatic heterocycles. The lowest BCUT2D eigenvalue weighted by Gasteiger charge is -2.40. The van der Waals surface area contributed by atoms with Gasteiger partial charge >= 0.3 is 0 Å². The number of aliphatic hydroxyl groups is 7. The molecule has 0 bridgehead atoms. The van der Waals surface area contributed by atoms with Crippen molar-refractivity contribution in [2.45, 2.75) is 223 Å². The van der Waals surface area contributed by atoms with Gasteiger partial charge in [0.25, 0.3) is 0 Å². The van der Waals surface area contributed by atoms with Crippen LogP contribution in [0.1, 0.15) is 168 Å². The van der Waals surface area contributed by atoms with Crippen LogP contribution in [0.25, 0.3) is 0 Å². The van der Waals surface area contributed by atoms with Crippen molar-refractivity contribution in [3.05, 3.63) is 36.5 Å². The number of hydrogen-bond acceptors (Lipinski definition) is 10. The number of unbranched alkanes of at least 4 members (excludes halogenated alkanes) is 17. The topological polar surface area (TPSA) is 189 Å². The number of hydrogen-bond donors (Lipinski definition) is 8. The zero-order valence-corrected chi connectivity index (χ0v) is 34.4. The first-order valence-corrected chi connectivity index (χ1v) is 21.9. The molecule has 1 fully saturated rings. The van der Waals surface area contributed by atoms with Gasteiger partial charge in [0.1, 0.15) is 36.6 Å². The van der Waals surface area contributed by atoms with E-state index in [1.807, 2.05) is 6.08 Å². The van der Waals surface area contributed by atoms with Gasteiger partial charge in [-0.05, 0) is 70.6 Å².